The number of aliphatic hydroxyl groups is 1. The highest BCUT2D eigenvalue weighted by Gasteiger charge is 2.19. The third-order valence-corrected chi connectivity index (χ3v) is 3.09. The molecule has 0 aromatic heterocycles. The lowest BCUT2D eigenvalue weighted by molar-refractivity contribution is -0.122. The summed E-state index contributed by atoms with van der Waals surface area (Å²) in [5, 5.41) is 17.3. The maximum atomic E-state index is 11.9. The van der Waals surface area contributed by atoms with Gasteiger partial charge in [-0.25, -0.2) is 9.59 Å². The first-order chi connectivity index (χ1) is 12.7. The number of hydrogen-bond acceptors (Lipinski definition) is 7. The average molecular weight is 405 g/mol. The van der Waals surface area contributed by atoms with Gasteiger partial charge in [-0.3, -0.25) is 4.79 Å². The molecule has 0 fully saturated rings. The number of carbonyl (C=O) groups excluding carboxylic acids is 3. The number of nitrogens with one attached hydrogen (secondary N) is 3. The van der Waals surface area contributed by atoms with Crippen molar-refractivity contribution in [2.75, 3.05) is 19.6 Å². The van der Waals surface area contributed by atoms with Gasteiger partial charge in [0.2, 0.25) is 5.91 Å². The summed E-state index contributed by atoms with van der Waals surface area (Å²) in [5.41, 5.74) is 4.59. The first kappa shape index (κ1) is 25.9. The van der Waals surface area contributed by atoms with Crippen molar-refractivity contribution in [3.8, 4) is 0 Å². The fraction of sp³-hybridized carbons (Fsp3) is 0.833. The Labute approximate surface area is 166 Å². The lowest BCUT2D eigenvalue weighted by atomic mass is 10.1. The fourth-order valence-corrected chi connectivity index (χ4v) is 1.89. The summed E-state index contributed by atoms with van der Waals surface area (Å²) >= 11 is 0. The van der Waals surface area contributed by atoms with E-state index < -0.39 is 41.4 Å². The van der Waals surface area contributed by atoms with Crippen LogP contribution in [-0.4, -0.2) is 66.2 Å². The molecule has 2 atom stereocenters. The maximum Gasteiger partial charge on any atom is 0.407 e. The van der Waals surface area contributed by atoms with Crippen LogP contribution in [0.1, 0.15) is 54.4 Å². The summed E-state index contributed by atoms with van der Waals surface area (Å²) in [5.74, 6) is -0.423. The van der Waals surface area contributed by atoms with E-state index in [1.807, 2.05) is 0 Å². The number of alkyl carbamates (subject to hydrolysis) is 2. The van der Waals surface area contributed by atoms with E-state index in [4.69, 9.17) is 15.2 Å². The highest BCUT2D eigenvalue weighted by molar-refractivity contribution is 5.81. The molecule has 3 amide bonds. The third-order valence-electron chi connectivity index (χ3n) is 3.09. The van der Waals surface area contributed by atoms with Gasteiger partial charge in [0.05, 0.1) is 12.1 Å². The number of nitrogens with two attached hydrogens (primary N) is 1. The first-order valence-electron chi connectivity index (χ1n) is 9.34. The molecular formula is C18H36N4O6. The van der Waals surface area contributed by atoms with Gasteiger partial charge in [0.25, 0.3) is 0 Å². The van der Waals surface area contributed by atoms with Crippen LogP contribution in [0.25, 0.3) is 0 Å². The molecule has 10 nitrogen and oxygen atoms in total. The average Bonchev–Trinajstić information content (AvgIpc) is 2.51. The second kappa shape index (κ2) is 11.7. The minimum atomic E-state index is -0.975. The summed E-state index contributed by atoms with van der Waals surface area (Å²) < 4.78 is 10.1. The number of hydrogen-bond donors (Lipinski definition) is 5. The summed E-state index contributed by atoms with van der Waals surface area (Å²) in [6.07, 6.45) is -1.29. The smallest absolute Gasteiger partial charge is 0.407 e. The van der Waals surface area contributed by atoms with Crippen molar-refractivity contribution in [1.82, 2.24) is 16.0 Å². The van der Waals surface area contributed by atoms with Crippen molar-refractivity contribution in [1.29, 1.82) is 0 Å². The molecule has 10 heteroatoms. The lowest BCUT2D eigenvalue weighted by Crippen LogP contribution is -2.46. The van der Waals surface area contributed by atoms with Crippen LogP contribution < -0.4 is 21.7 Å². The number of rotatable bonds is 9. The summed E-state index contributed by atoms with van der Waals surface area (Å²) in [4.78, 5) is 34.9. The Hall–Kier alpha value is -2.07. The second-order valence-electron chi connectivity index (χ2n) is 8.46. The van der Waals surface area contributed by atoms with Crippen LogP contribution in [0.4, 0.5) is 9.59 Å². The van der Waals surface area contributed by atoms with E-state index in [2.05, 4.69) is 16.0 Å². The molecule has 0 aliphatic heterocycles. The minimum Gasteiger partial charge on any atom is -0.444 e. The molecule has 164 valence electrons. The minimum absolute atomic E-state index is 0.0571. The highest BCUT2D eigenvalue weighted by atomic mass is 16.6. The Kier molecular flexibility index (Phi) is 10.8. The van der Waals surface area contributed by atoms with Gasteiger partial charge in [0, 0.05) is 19.6 Å². The van der Waals surface area contributed by atoms with Crippen molar-refractivity contribution < 1.29 is 29.0 Å². The normalized spacial score (nSPS) is 13.9. The summed E-state index contributed by atoms with van der Waals surface area (Å²) in [7, 11) is 0. The zero-order chi connectivity index (χ0) is 22.0. The van der Waals surface area contributed by atoms with Gasteiger partial charge in [0.1, 0.15) is 11.2 Å². The van der Waals surface area contributed by atoms with Crippen LogP contribution in [0.3, 0.4) is 0 Å². The first-order valence-corrected chi connectivity index (χ1v) is 9.34. The van der Waals surface area contributed by atoms with Crippen molar-refractivity contribution in [3.63, 3.8) is 0 Å². The zero-order valence-corrected chi connectivity index (χ0v) is 17.8. The van der Waals surface area contributed by atoms with Gasteiger partial charge in [-0.2, -0.15) is 0 Å². The standard InChI is InChI=1S/C18H36N4O6/c1-17(2,3)27-15(25)20-9-7-8-13(19)14(24)21-10-12(23)11-22-16(26)28-18(4,5)6/h12-13,23H,7-11,19H2,1-6H3,(H,20,25)(H,21,24)(H,22,26)/t12?,13-/m0/s1. The topological polar surface area (TPSA) is 152 Å². The Morgan fingerprint density at radius 3 is 1.86 bits per heavy atom. The Morgan fingerprint density at radius 2 is 1.36 bits per heavy atom. The molecule has 0 aliphatic rings. The van der Waals surface area contributed by atoms with Crippen molar-refractivity contribution in [3.05, 3.63) is 0 Å². The molecule has 0 aromatic carbocycles. The zero-order valence-electron chi connectivity index (χ0n) is 17.8. The molecule has 0 aromatic rings. The van der Waals surface area contributed by atoms with Gasteiger partial charge in [-0.15, -0.1) is 0 Å². The Bertz CT molecular complexity index is 513. The summed E-state index contributed by atoms with van der Waals surface area (Å²) in [6, 6.07) is -0.772. The van der Waals surface area contributed by atoms with E-state index in [9.17, 15) is 19.5 Å². The van der Waals surface area contributed by atoms with Gasteiger partial charge in [-0.05, 0) is 54.4 Å². The maximum absolute atomic E-state index is 11.9. The number of carbonyl (C=O) groups is 3. The highest BCUT2D eigenvalue weighted by Crippen LogP contribution is 2.07. The van der Waals surface area contributed by atoms with Crippen LogP contribution in [0.15, 0.2) is 0 Å². The molecule has 0 rings (SSSR count). The van der Waals surface area contributed by atoms with E-state index in [-0.39, 0.29) is 13.1 Å². The molecule has 6 N–H and O–H groups in total. The van der Waals surface area contributed by atoms with Gasteiger partial charge >= 0.3 is 12.2 Å². The molecular weight excluding hydrogens is 368 g/mol. The van der Waals surface area contributed by atoms with Crippen molar-refractivity contribution >= 4 is 18.1 Å². The van der Waals surface area contributed by atoms with Crippen LogP contribution in [0.2, 0.25) is 0 Å². The van der Waals surface area contributed by atoms with E-state index in [1.165, 1.54) is 0 Å². The molecule has 0 aliphatic carbocycles. The van der Waals surface area contributed by atoms with Gasteiger partial charge in [-0.1, -0.05) is 0 Å². The molecule has 0 saturated heterocycles. The Morgan fingerprint density at radius 1 is 0.893 bits per heavy atom. The Balaban J connectivity index is 3.94. The van der Waals surface area contributed by atoms with Crippen LogP contribution in [0.5, 0.6) is 0 Å². The van der Waals surface area contributed by atoms with Crippen LogP contribution >= 0.6 is 0 Å². The number of ether oxygens (including phenoxy) is 2. The largest absolute Gasteiger partial charge is 0.444 e. The molecule has 0 bridgehead atoms. The summed E-state index contributed by atoms with van der Waals surface area (Å²) in [6.45, 7) is 10.7. The molecule has 0 radical (unpaired) electrons. The van der Waals surface area contributed by atoms with E-state index >= 15 is 0 Å². The predicted molar refractivity (Wildman–Crippen MR) is 105 cm³/mol. The van der Waals surface area contributed by atoms with Crippen molar-refractivity contribution in [2.45, 2.75) is 77.7 Å². The second-order valence-corrected chi connectivity index (χ2v) is 8.46. The third kappa shape index (κ3) is 15.0. The number of amides is 3. The fourth-order valence-electron chi connectivity index (χ4n) is 1.89. The monoisotopic (exact) mass is 404 g/mol. The van der Waals surface area contributed by atoms with Crippen LogP contribution in [-0.2, 0) is 14.3 Å². The van der Waals surface area contributed by atoms with E-state index in [1.54, 1.807) is 41.5 Å². The van der Waals surface area contributed by atoms with E-state index in [0.29, 0.717) is 19.4 Å². The molecule has 28 heavy (non-hydrogen) atoms. The predicted octanol–water partition coefficient (Wildman–Crippen LogP) is 0.620. The molecule has 0 heterocycles. The SMILES string of the molecule is CC(C)(C)OC(=O)NCCC[C@H](N)C(=O)NCC(O)CNC(=O)OC(C)(C)C. The van der Waals surface area contributed by atoms with E-state index in [0.717, 1.165) is 0 Å². The van der Waals surface area contributed by atoms with Crippen molar-refractivity contribution in [2.24, 2.45) is 5.73 Å². The van der Waals surface area contributed by atoms with Crippen LogP contribution in [0, 0.1) is 0 Å². The van der Waals surface area contributed by atoms with Gasteiger partial charge in [0.15, 0.2) is 0 Å². The number of aliphatic hydroxyl groups excluding tert-OH is 1. The quantitative estimate of drug-likeness (QED) is 0.353. The molecule has 0 spiro atoms. The lowest BCUT2D eigenvalue weighted by Gasteiger charge is -2.21. The molecule has 0 saturated carbocycles. The molecule has 1 unspecified atom stereocenters. The van der Waals surface area contributed by atoms with Gasteiger partial charge < -0.3 is 36.3 Å².